The minimum absolute atomic E-state index is 0.482. The van der Waals surface area contributed by atoms with Gasteiger partial charge >= 0.3 is 0 Å². The normalized spacial score (nSPS) is 27.4. The van der Waals surface area contributed by atoms with Crippen molar-refractivity contribution < 1.29 is 9.15 Å². The molecule has 4 rings (SSSR count). The molecule has 5 heteroatoms. The molecule has 3 unspecified atom stereocenters. The van der Waals surface area contributed by atoms with E-state index in [1.54, 1.807) is 6.26 Å². The molecule has 2 N–H and O–H groups in total. The average Bonchev–Trinajstić information content (AvgIpc) is 3.31. The third-order valence-corrected chi connectivity index (χ3v) is 5.15. The molecule has 24 heavy (non-hydrogen) atoms. The Morgan fingerprint density at radius 3 is 2.96 bits per heavy atom. The van der Waals surface area contributed by atoms with E-state index in [4.69, 9.17) is 9.15 Å². The van der Waals surface area contributed by atoms with Gasteiger partial charge in [-0.3, -0.25) is 0 Å². The Bertz CT molecular complexity index is 637. The first kappa shape index (κ1) is 15.8. The second-order valence-electron chi connectivity index (χ2n) is 6.73. The van der Waals surface area contributed by atoms with E-state index < -0.39 is 0 Å². The van der Waals surface area contributed by atoms with E-state index in [0.29, 0.717) is 23.9 Å². The number of nitrogens with one attached hydrogen (secondary N) is 2. The fourth-order valence-electron chi connectivity index (χ4n) is 3.92. The van der Waals surface area contributed by atoms with Crippen LogP contribution in [0.4, 0.5) is 0 Å². The van der Waals surface area contributed by atoms with Crippen LogP contribution < -0.4 is 10.6 Å². The maximum Gasteiger partial charge on any atom is 0.226 e. The molecule has 0 amide bonds. The van der Waals surface area contributed by atoms with E-state index in [-0.39, 0.29) is 0 Å². The zero-order valence-corrected chi connectivity index (χ0v) is 13.9. The van der Waals surface area contributed by atoms with E-state index in [1.165, 1.54) is 19.3 Å². The highest BCUT2D eigenvalue weighted by Crippen LogP contribution is 2.29. The molecule has 1 aromatic carbocycles. The van der Waals surface area contributed by atoms with Crippen molar-refractivity contribution in [1.29, 1.82) is 0 Å². The van der Waals surface area contributed by atoms with Gasteiger partial charge in [-0.15, -0.1) is 0 Å². The first-order valence-corrected chi connectivity index (χ1v) is 8.94. The average molecular weight is 327 g/mol. The van der Waals surface area contributed by atoms with Crippen LogP contribution in [-0.4, -0.2) is 36.8 Å². The van der Waals surface area contributed by atoms with Crippen LogP contribution in [0.2, 0.25) is 0 Å². The van der Waals surface area contributed by atoms with Crippen LogP contribution in [0.15, 0.2) is 41.0 Å². The van der Waals surface area contributed by atoms with Gasteiger partial charge in [-0.2, -0.15) is 0 Å². The lowest BCUT2D eigenvalue weighted by Crippen LogP contribution is -2.50. The van der Waals surface area contributed by atoms with E-state index in [0.717, 1.165) is 37.6 Å². The molecule has 2 fully saturated rings. The summed E-state index contributed by atoms with van der Waals surface area (Å²) in [5, 5.41) is 7.31. The van der Waals surface area contributed by atoms with Gasteiger partial charge in [-0.1, -0.05) is 24.6 Å². The molecule has 1 saturated carbocycles. The number of oxazole rings is 1. The lowest BCUT2D eigenvalue weighted by Gasteiger charge is -2.32. The van der Waals surface area contributed by atoms with Crippen molar-refractivity contribution in [1.82, 2.24) is 15.6 Å². The summed E-state index contributed by atoms with van der Waals surface area (Å²) in [7, 11) is 0. The van der Waals surface area contributed by atoms with Gasteiger partial charge in [0.15, 0.2) is 0 Å². The summed E-state index contributed by atoms with van der Waals surface area (Å²) in [6.45, 7) is 3.40. The molecule has 0 bridgehead atoms. The predicted octanol–water partition coefficient (Wildman–Crippen LogP) is 2.59. The second kappa shape index (κ2) is 7.47. The number of aromatic nitrogens is 1. The maximum absolute atomic E-state index is 5.64. The van der Waals surface area contributed by atoms with Crippen LogP contribution in [0.25, 0.3) is 11.5 Å². The maximum atomic E-state index is 5.64. The topological polar surface area (TPSA) is 59.3 Å². The summed E-state index contributed by atoms with van der Waals surface area (Å²) in [5.41, 5.74) is 1.98. The Morgan fingerprint density at radius 2 is 2.12 bits per heavy atom. The summed E-state index contributed by atoms with van der Waals surface area (Å²) >= 11 is 0. The lowest BCUT2D eigenvalue weighted by atomic mass is 9.94. The van der Waals surface area contributed by atoms with Crippen LogP contribution in [0.3, 0.4) is 0 Å². The molecule has 2 aliphatic rings. The van der Waals surface area contributed by atoms with Gasteiger partial charge in [0.25, 0.3) is 0 Å². The Morgan fingerprint density at radius 1 is 1.21 bits per heavy atom. The zero-order chi connectivity index (χ0) is 16.2. The van der Waals surface area contributed by atoms with Gasteiger partial charge in [0.2, 0.25) is 5.89 Å². The monoisotopic (exact) mass is 327 g/mol. The fourth-order valence-corrected chi connectivity index (χ4v) is 3.92. The molecule has 1 saturated heterocycles. The minimum atomic E-state index is 0.482. The van der Waals surface area contributed by atoms with Crippen LogP contribution in [-0.2, 0) is 11.3 Å². The molecule has 1 aromatic heterocycles. The SMILES string of the molecule is c1ccc(-c2nc(CNC3CCCC3C3COCCN3)co2)cc1. The van der Waals surface area contributed by atoms with Crippen molar-refractivity contribution in [3.05, 3.63) is 42.3 Å². The lowest BCUT2D eigenvalue weighted by molar-refractivity contribution is 0.0524. The van der Waals surface area contributed by atoms with Gasteiger partial charge in [0.1, 0.15) is 6.26 Å². The molecular formula is C19H25N3O2. The van der Waals surface area contributed by atoms with Gasteiger partial charge in [-0.25, -0.2) is 4.98 Å². The number of rotatable bonds is 5. The van der Waals surface area contributed by atoms with Crippen LogP contribution >= 0.6 is 0 Å². The molecule has 2 heterocycles. The molecule has 0 radical (unpaired) electrons. The van der Waals surface area contributed by atoms with Crippen molar-refractivity contribution in [2.45, 2.75) is 37.9 Å². The molecule has 1 aliphatic heterocycles. The van der Waals surface area contributed by atoms with Crippen LogP contribution in [0, 0.1) is 5.92 Å². The third kappa shape index (κ3) is 3.53. The van der Waals surface area contributed by atoms with Gasteiger partial charge < -0.3 is 19.8 Å². The number of benzene rings is 1. The first-order valence-electron chi connectivity index (χ1n) is 8.94. The van der Waals surface area contributed by atoms with Gasteiger partial charge in [0.05, 0.1) is 18.9 Å². The molecule has 2 aromatic rings. The van der Waals surface area contributed by atoms with Crippen molar-refractivity contribution >= 4 is 0 Å². The number of nitrogens with zero attached hydrogens (tertiary/aromatic N) is 1. The summed E-state index contributed by atoms with van der Waals surface area (Å²) < 4.78 is 11.3. The summed E-state index contributed by atoms with van der Waals surface area (Å²) in [4.78, 5) is 4.61. The van der Waals surface area contributed by atoms with Gasteiger partial charge in [0, 0.05) is 30.7 Å². The number of morpholine rings is 1. The fraction of sp³-hybridized carbons (Fsp3) is 0.526. The van der Waals surface area contributed by atoms with Crippen molar-refractivity contribution in [2.24, 2.45) is 5.92 Å². The highest BCUT2D eigenvalue weighted by Gasteiger charge is 2.34. The Balaban J connectivity index is 1.35. The number of ether oxygens (including phenoxy) is 1. The van der Waals surface area contributed by atoms with E-state index in [2.05, 4.69) is 15.6 Å². The zero-order valence-electron chi connectivity index (χ0n) is 13.9. The second-order valence-corrected chi connectivity index (χ2v) is 6.73. The Hall–Kier alpha value is -1.69. The van der Waals surface area contributed by atoms with Crippen molar-refractivity contribution in [2.75, 3.05) is 19.8 Å². The first-order chi connectivity index (χ1) is 11.9. The van der Waals surface area contributed by atoms with Crippen LogP contribution in [0.1, 0.15) is 25.0 Å². The summed E-state index contributed by atoms with van der Waals surface area (Å²) in [5.74, 6) is 1.34. The number of hydrogen-bond acceptors (Lipinski definition) is 5. The molecular weight excluding hydrogens is 302 g/mol. The Labute approximate surface area is 142 Å². The molecule has 5 nitrogen and oxygen atoms in total. The molecule has 1 aliphatic carbocycles. The van der Waals surface area contributed by atoms with E-state index in [9.17, 15) is 0 Å². The minimum Gasteiger partial charge on any atom is -0.444 e. The number of hydrogen-bond donors (Lipinski definition) is 2. The van der Waals surface area contributed by atoms with Crippen LogP contribution in [0.5, 0.6) is 0 Å². The molecule has 0 spiro atoms. The van der Waals surface area contributed by atoms with E-state index >= 15 is 0 Å². The largest absolute Gasteiger partial charge is 0.444 e. The van der Waals surface area contributed by atoms with Crippen molar-refractivity contribution in [3.8, 4) is 11.5 Å². The van der Waals surface area contributed by atoms with Crippen molar-refractivity contribution in [3.63, 3.8) is 0 Å². The highest BCUT2D eigenvalue weighted by molar-refractivity contribution is 5.52. The highest BCUT2D eigenvalue weighted by atomic mass is 16.5. The quantitative estimate of drug-likeness (QED) is 0.884. The van der Waals surface area contributed by atoms with E-state index in [1.807, 2.05) is 30.3 Å². The Kier molecular flexibility index (Phi) is 4.92. The molecule has 128 valence electrons. The summed E-state index contributed by atoms with van der Waals surface area (Å²) in [6, 6.07) is 11.0. The molecule has 3 atom stereocenters. The predicted molar refractivity (Wildman–Crippen MR) is 92.5 cm³/mol. The third-order valence-electron chi connectivity index (χ3n) is 5.15. The smallest absolute Gasteiger partial charge is 0.226 e. The van der Waals surface area contributed by atoms with Gasteiger partial charge in [-0.05, 0) is 30.9 Å². The standard InChI is InChI=1S/C19H25N3O2/c1-2-5-14(6-3-1)19-22-15(12-24-19)11-21-17-8-4-7-16(17)18-13-23-10-9-20-18/h1-3,5-6,12,16-18,20-21H,4,7-11,13H2. The summed E-state index contributed by atoms with van der Waals surface area (Å²) in [6.07, 6.45) is 5.55.